The van der Waals surface area contributed by atoms with Crippen LogP contribution in [0.25, 0.3) is 27.7 Å². The molecule has 0 bridgehead atoms. The van der Waals surface area contributed by atoms with E-state index in [0.717, 1.165) is 28.8 Å². The first-order valence-corrected chi connectivity index (χ1v) is 10.8. The zero-order valence-corrected chi connectivity index (χ0v) is 18.0. The van der Waals surface area contributed by atoms with Crippen molar-refractivity contribution in [1.29, 1.82) is 0 Å². The van der Waals surface area contributed by atoms with Gasteiger partial charge < -0.3 is 10.4 Å². The minimum atomic E-state index is -0.187. The van der Waals surface area contributed by atoms with Gasteiger partial charge in [0.05, 0.1) is 6.04 Å². The Labute approximate surface area is 185 Å². The Bertz CT molecular complexity index is 1380. The lowest BCUT2D eigenvalue weighted by Crippen LogP contribution is -2.33. The number of benzene rings is 3. The fourth-order valence-corrected chi connectivity index (χ4v) is 5.17. The lowest BCUT2D eigenvalue weighted by molar-refractivity contribution is -0.118. The smallest absolute Gasteiger partial charge is 0.162 e. The van der Waals surface area contributed by atoms with Gasteiger partial charge in [0.2, 0.25) is 0 Å². The van der Waals surface area contributed by atoms with E-state index in [0.29, 0.717) is 12.2 Å². The number of carbonyl (C=O) groups excluding carboxylic acids is 1. The molecule has 6 heteroatoms. The number of Topliss-reactive ketones (excluding diaryl/α,β-unsaturated/α-hetero) is 1. The second-order valence-electron chi connectivity index (χ2n) is 9.44. The molecule has 6 rings (SSSR count). The van der Waals surface area contributed by atoms with Crippen LogP contribution in [-0.4, -0.2) is 21.3 Å². The molecule has 0 radical (unpaired) electrons. The third-order valence-electron chi connectivity index (χ3n) is 6.56. The molecule has 1 aliphatic heterocycles. The Hall–Kier alpha value is -3.80. The zero-order chi connectivity index (χ0) is 21.9. The van der Waals surface area contributed by atoms with E-state index in [2.05, 4.69) is 76.2 Å². The number of tetrazole rings is 1. The van der Waals surface area contributed by atoms with Crippen LogP contribution < -0.4 is 10.4 Å². The standard InChI is InChI=1S/C26H23N5O/c1-26(2)13-19-22-18-6-4-3-5-15(18)11-12-20(22)27-24(23(19)21(32)14-26)16-7-9-17(10-8-16)25-28-30-31-29-25/h3-12,24H,13-14H2,1-2H3,(H2,27,28,29,30,31,32)/p-1. The van der Waals surface area contributed by atoms with Gasteiger partial charge in [-0.1, -0.05) is 68.4 Å². The molecule has 4 aromatic rings. The maximum Gasteiger partial charge on any atom is 0.162 e. The largest absolute Gasteiger partial charge is 0.373 e. The summed E-state index contributed by atoms with van der Waals surface area (Å²) in [5.41, 5.74) is 6.16. The fraction of sp³-hybridized carbons (Fsp3) is 0.231. The lowest BCUT2D eigenvalue weighted by atomic mass is 9.68. The van der Waals surface area contributed by atoms with Crippen molar-refractivity contribution in [3.05, 3.63) is 77.4 Å². The van der Waals surface area contributed by atoms with Crippen LogP contribution in [0.2, 0.25) is 0 Å². The summed E-state index contributed by atoms with van der Waals surface area (Å²) in [7, 11) is 0. The molecule has 0 saturated heterocycles. The van der Waals surface area contributed by atoms with Gasteiger partial charge in [-0.15, -0.1) is 0 Å². The number of nitrogens with zero attached hydrogens (tertiary/aromatic N) is 4. The maximum atomic E-state index is 13.5. The molecule has 1 N–H and O–H groups in total. The monoisotopic (exact) mass is 420 g/mol. The number of nitrogens with one attached hydrogen (secondary N) is 1. The van der Waals surface area contributed by atoms with Crippen molar-refractivity contribution in [2.24, 2.45) is 5.41 Å². The number of allylic oxidation sites excluding steroid dienone is 1. The quantitative estimate of drug-likeness (QED) is 0.494. The third kappa shape index (κ3) is 2.94. The number of fused-ring (bicyclic) bond motifs is 4. The first-order chi connectivity index (χ1) is 15.5. The van der Waals surface area contributed by atoms with Gasteiger partial charge >= 0.3 is 0 Å². The van der Waals surface area contributed by atoms with Gasteiger partial charge in [0.1, 0.15) is 0 Å². The van der Waals surface area contributed by atoms with Crippen molar-refractivity contribution >= 4 is 27.8 Å². The van der Waals surface area contributed by atoms with Gasteiger partial charge in [0.15, 0.2) is 5.78 Å². The summed E-state index contributed by atoms with van der Waals surface area (Å²) in [4.78, 5) is 13.5. The van der Waals surface area contributed by atoms with Crippen LogP contribution in [0, 0.1) is 5.41 Å². The van der Waals surface area contributed by atoms with Crippen molar-refractivity contribution in [3.63, 3.8) is 0 Å². The second-order valence-corrected chi connectivity index (χ2v) is 9.44. The number of anilines is 1. The van der Waals surface area contributed by atoms with Crippen LogP contribution in [0.15, 0.2) is 66.2 Å². The van der Waals surface area contributed by atoms with E-state index in [1.165, 1.54) is 21.9 Å². The highest BCUT2D eigenvalue weighted by Crippen LogP contribution is 2.52. The Morgan fingerprint density at radius 1 is 1.00 bits per heavy atom. The van der Waals surface area contributed by atoms with E-state index in [1.807, 2.05) is 24.3 Å². The van der Waals surface area contributed by atoms with Crippen molar-refractivity contribution in [3.8, 4) is 11.4 Å². The summed E-state index contributed by atoms with van der Waals surface area (Å²) in [6.45, 7) is 4.38. The molecule has 0 spiro atoms. The van der Waals surface area contributed by atoms with Crippen molar-refractivity contribution in [2.45, 2.75) is 32.7 Å². The molecule has 0 amide bonds. The molecule has 158 valence electrons. The van der Waals surface area contributed by atoms with E-state index in [9.17, 15) is 4.79 Å². The van der Waals surface area contributed by atoms with Crippen LogP contribution in [0.4, 0.5) is 5.69 Å². The zero-order valence-electron chi connectivity index (χ0n) is 18.0. The van der Waals surface area contributed by atoms with Crippen LogP contribution in [0.1, 0.15) is 43.9 Å². The number of carbonyl (C=O) groups is 1. The lowest BCUT2D eigenvalue weighted by Gasteiger charge is -2.40. The van der Waals surface area contributed by atoms with Gasteiger partial charge in [0, 0.05) is 29.1 Å². The Balaban J connectivity index is 1.53. The molecular formula is C26H22N5O-. The molecule has 2 aliphatic rings. The summed E-state index contributed by atoms with van der Waals surface area (Å²) in [6.07, 6.45) is 1.44. The van der Waals surface area contributed by atoms with Crippen LogP contribution >= 0.6 is 0 Å². The SMILES string of the molecule is CC1(C)CC(=O)C2=C(C1)c1c(ccc3ccccc13)NC2c1ccc(-c2nnn[n-]2)cc1. The predicted molar refractivity (Wildman–Crippen MR) is 124 cm³/mol. The fourth-order valence-electron chi connectivity index (χ4n) is 5.17. The number of hydrogen-bond donors (Lipinski definition) is 1. The molecule has 0 fully saturated rings. The molecule has 1 aliphatic carbocycles. The molecular weight excluding hydrogens is 398 g/mol. The van der Waals surface area contributed by atoms with Gasteiger partial charge in [-0.3, -0.25) is 15.1 Å². The van der Waals surface area contributed by atoms with Gasteiger partial charge in [-0.25, -0.2) is 0 Å². The maximum absolute atomic E-state index is 13.5. The highest BCUT2D eigenvalue weighted by atomic mass is 16.1. The molecule has 2 heterocycles. The first-order valence-electron chi connectivity index (χ1n) is 10.8. The van der Waals surface area contributed by atoms with Crippen molar-refractivity contribution < 1.29 is 4.79 Å². The van der Waals surface area contributed by atoms with Crippen LogP contribution in [0.5, 0.6) is 0 Å². The predicted octanol–water partition coefficient (Wildman–Crippen LogP) is 4.96. The molecule has 32 heavy (non-hydrogen) atoms. The molecule has 1 aromatic heterocycles. The summed E-state index contributed by atoms with van der Waals surface area (Å²) in [5.74, 6) is 0.726. The first kappa shape index (κ1) is 18.9. The van der Waals surface area contributed by atoms with Crippen molar-refractivity contribution in [1.82, 2.24) is 20.6 Å². The minimum Gasteiger partial charge on any atom is -0.373 e. The van der Waals surface area contributed by atoms with Gasteiger partial charge in [-0.2, -0.15) is 5.21 Å². The summed E-state index contributed by atoms with van der Waals surface area (Å²) in [5, 5.41) is 21.0. The van der Waals surface area contributed by atoms with E-state index in [1.54, 1.807) is 0 Å². The average molecular weight is 420 g/mol. The molecule has 3 aromatic carbocycles. The highest BCUT2D eigenvalue weighted by molar-refractivity contribution is 6.12. The molecule has 6 nitrogen and oxygen atoms in total. The average Bonchev–Trinajstić information content (AvgIpc) is 3.32. The van der Waals surface area contributed by atoms with Crippen molar-refractivity contribution in [2.75, 3.05) is 5.32 Å². The molecule has 1 atom stereocenters. The Morgan fingerprint density at radius 2 is 1.81 bits per heavy atom. The third-order valence-corrected chi connectivity index (χ3v) is 6.56. The van der Waals surface area contributed by atoms with Gasteiger partial charge in [-0.05, 0) is 45.4 Å². The van der Waals surface area contributed by atoms with E-state index >= 15 is 0 Å². The second kappa shape index (κ2) is 6.85. The minimum absolute atomic E-state index is 0.0645. The van der Waals surface area contributed by atoms with Gasteiger partial charge in [0.25, 0.3) is 0 Å². The van der Waals surface area contributed by atoms with E-state index in [4.69, 9.17) is 0 Å². The molecule has 1 unspecified atom stereocenters. The number of rotatable bonds is 2. The molecule has 0 saturated carbocycles. The normalized spacial score (nSPS) is 19.4. The van der Waals surface area contributed by atoms with E-state index < -0.39 is 0 Å². The summed E-state index contributed by atoms with van der Waals surface area (Å²) >= 11 is 0. The van der Waals surface area contributed by atoms with Crippen LogP contribution in [-0.2, 0) is 4.79 Å². The number of aromatic nitrogens is 4. The summed E-state index contributed by atoms with van der Waals surface area (Å²) < 4.78 is 0. The Morgan fingerprint density at radius 3 is 2.59 bits per heavy atom. The van der Waals surface area contributed by atoms with Crippen LogP contribution in [0.3, 0.4) is 0 Å². The topological polar surface area (TPSA) is 81.9 Å². The van der Waals surface area contributed by atoms with E-state index in [-0.39, 0.29) is 17.2 Å². The summed E-state index contributed by atoms with van der Waals surface area (Å²) in [6, 6.07) is 20.5. The Kier molecular flexibility index (Phi) is 4.05. The highest BCUT2D eigenvalue weighted by Gasteiger charge is 2.40. The number of ketones is 1. The number of hydrogen-bond acceptors (Lipinski definition) is 5.